The first kappa shape index (κ1) is 21.2. The number of ketones is 1. The molecule has 2 aromatic carbocycles. The molecule has 2 aliphatic heterocycles. The highest BCUT2D eigenvalue weighted by Gasteiger charge is 2.44. The number of ether oxygens (including phenoxy) is 2. The molecule has 0 atom stereocenters. The molecule has 1 amide bonds. The number of carbonyl (C=O) groups is 3. The molecule has 0 aliphatic carbocycles. The molecule has 1 aromatic heterocycles. The summed E-state index contributed by atoms with van der Waals surface area (Å²) in [5.41, 5.74) is 3.51. The lowest BCUT2D eigenvalue weighted by atomic mass is 9.82. The minimum Gasteiger partial charge on any atom is -0.486 e. The largest absolute Gasteiger partial charge is 0.486 e. The zero-order chi connectivity index (χ0) is 23.3. The van der Waals surface area contributed by atoms with Gasteiger partial charge in [0, 0.05) is 42.6 Å². The van der Waals surface area contributed by atoms with E-state index in [-0.39, 0.29) is 18.1 Å². The Bertz CT molecular complexity index is 1300. The van der Waals surface area contributed by atoms with Crippen molar-refractivity contribution in [2.45, 2.75) is 38.7 Å². The molecular formula is C25H25N3O5. The second-order valence-electron chi connectivity index (χ2n) is 8.92. The summed E-state index contributed by atoms with van der Waals surface area (Å²) in [5, 5.41) is 8.24. The molecule has 1 fully saturated rings. The highest BCUT2D eigenvalue weighted by molar-refractivity contribution is 6.03. The van der Waals surface area contributed by atoms with E-state index in [4.69, 9.17) is 9.47 Å². The first-order valence-electron chi connectivity index (χ1n) is 11.0. The van der Waals surface area contributed by atoms with Crippen LogP contribution in [0.3, 0.4) is 0 Å². The normalized spacial score (nSPS) is 17.1. The molecule has 5 rings (SSSR count). The molecule has 3 aromatic rings. The predicted molar refractivity (Wildman–Crippen MR) is 121 cm³/mol. The van der Waals surface area contributed by atoms with Gasteiger partial charge in [0.2, 0.25) is 0 Å². The number of methoxy groups -OCH3 is 1. The van der Waals surface area contributed by atoms with Gasteiger partial charge in [-0.1, -0.05) is 0 Å². The Kier molecular flexibility index (Phi) is 4.96. The number of carbonyl (C=O) groups excluding carboxylic acids is 3. The van der Waals surface area contributed by atoms with Crippen molar-refractivity contribution >= 4 is 28.6 Å². The molecule has 3 heterocycles. The van der Waals surface area contributed by atoms with Gasteiger partial charge in [-0.05, 0) is 49.7 Å². The van der Waals surface area contributed by atoms with Crippen LogP contribution < -0.4 is 4.74 Å². The molecule has 0 saturated carbocycles. The van der Waals surface area contributed by atoms with Crippen LogP contribution in [0.4, 0.5) is 0 Å². The van der Waals surface area contributed by atoms with Crippen LogP contribution in [0.15, 0.2) is 30.3 Å². The van der Waals surface area contributed by atoms with E-state index < -0.39 is 11.6 Å². The lowest BCUT2D eigenvalue weighted by Crippen LogP contribution is -2.52. The maximum atomic E-state index is 13.2. The first-order valence-corrected chi connectivity index (χ1v) is 11.0. The van der Waals surface area contributed by atoms with Gasteiger partial charge in [-0.25, -0.2) is 4.79 Å². The number of aryl methyl sites for hydroxylation is 2. The number of nitrogens with one attached hydrogen (secondary N) is 1. The van der Waals surface area contributed by atoms with Gasteiger partial charge >= 0.3 is 5.97 Å². The van der Waals surface area contributed by atoms with Crippen molar-refractivity contribution in [2.75, 3.05) is 20.2 Å². The summed E-state index contributed by atoms with van der Waals surface area (Å²) in [4.78, 5) is 39.8. The van der Waals surface area contributed by atoms with Gasteiger partial charge in [0.15, 0.2) is 5.78 Å². The topological polar surface area (TPSA) is 102 Å². The van der Waals surface area contributed by atoms with E-state index in [9.17, 15) is 14.4 Å². The van der Waals surface area contributed by atoms with Crippen molar-refractivity contribution in [1.82, 2.24) is 15.1 Å². The molecule has 1 N–H and O–H groups in total. The molecule has 1 spiro atoms. The smallest absolute Gasteiger partial charge is 0.337 e. The number of H-pyrrole nitrogens is 1. The fraction of sp³-hybridized carbons (Fsp3) is 0.360. The van der Waals surface area contributed by atoms with Crippen LogP contribution in [0.5, 0.6) is 5.75 Å². The van der Waals surface area contributed by atoms with Crippen LogP contribution >= 0.6 is 0 Å². The van der Waals surface area contributed by atoms with Crippen molar-refractivity contribution in [3.8, 4) is 5.75 Å². The molecule has 0 unspecified atom stereocenters. The van der Waals surface area contributed by atoms with E-state index in [1.807, 2.05) is 30.9 Å². The van der Waals surface area contributed by atoms with Gasteiger partial charge in [-0.15, -0.1) is 0 Å². The molecule has 8 nitrogen and oxygen atoms in total. The Hall–Kier alpha value is -3.68. The van der Waals surface area contributed by atoms with Crippen molar-refractivity contribution < 1.29 is 23.9 Å². The Morgan fingerprint density at radius 2 is 1.88 bits per heavy atom. The first-order chi connectivity index (χ1) is 15.8. The summed E-state index contributed by atoms with van der Waals surface area (Å²) in [6.07, 6.45) is 1.36. The molecule has 0 bridgehead atoms. The third kappa shape index (κ3) is 3.55. The van der Waals surface area contributed by atoms with E-state index in [2.05, 4.69) is 10.2 Å². The third-order valence-corrected chi connectivity index (χ3v) is 6.76. The minimum absolute atomic E-state index is 0.0271. The zero-order valence-corrected chi connectivity index (χ0v) is 18.9. The quantitative estimate of drug-likeness (QED) is 0.602. The highest BCUT2D eigenvalue weighted by Crippen LogP contribution is 2.40. The van der Waals surface area contributed by atoms with Gasteiger partial charge in [0.05, 0.1) is 30.2 Å². The van der Waals surface area contributed by atoms with E-state index in [1.165, 1.54) is 13.2 Å². The molecule has 33 heavy (non-hydrogen) atoms. The fourth-order valence-electron chi connectivity index (χ4n) is 4.85. The van der Waals surface area contributed by atoms with E-state index in [0.29, 0.717) is 48.4 Å². The number of nitrogens with zero attached hydrogens (tertiary/aromatic N) is 2. The number of aromatic amines is 1. The van der Waals surface area contributed by atoms with Crippen molar-refractivity contribution in [3.05, 3.63) is 58.3 Å². The molecule has 8 heteroatoms. The minimum atomic E-state index is -0.630. The number of fused-ring (bicyclic) bond motifs is 2. The van der Waals surface area contributed by atoms with Crippen molar-refractivity contribution in [1.29, 1.82) is 0 Å². The zero-order valence-electron chi connectivity index (χ0n) is 18.9. The van der Waals surface area contributed by atoms with Crippen LogP contribution in [-0.4, -0.2) is 58.6 Å². The SMILES string of the molecule is COC(=O)c1ccc2c(c1)C(=O)CC1(CCN(C(=O)c3cc(C)c4n[nH]c(C)c4c3)CC1)O2. The average Bonchev–Trinajstić information content (AvgIpc) is 3.19. The van der Waals surface area contributed by atoms with Crippen LogP contribution in [-0.2, 0) is 4.74 Å². The van der Waals surface area contributed by atoms with Crippen LogP contribution in [0.2, 0.25) is 0 Å². The number of hydrogen-bond donors (Lipinski definition) is 1. The van der Waals surface area contributed by atoms with Gasteiger partial charge in [-0.2, -0.15) is 5.10 Å². The number of likely N-dealkylation sites (tertiary alicyclic amines) is 1. The Morgan fingerprint density at radius 3 is 2.61 bits per heavy atom. The number of piperidine rings is 1. The van der Waals surface area contributed by atoms with E-state index in [0.717, 1.165) is 22.2 Å². The third-order valence-electron chi connectivity index (χ3n) is 6.76. The Morgan fingerprint density at radius 1 is 1.12 bits per heavy atom. The monoisotopic (exact) mass is 447 g/mol. The lowest BCUT2D eigenvalue weighted by Gasteiger charge is -2.44. The maximum Gasteiger partial charge on any atom is 0.337 e. The van der Waals surface area contributed by atoms with E-state index in [1.54, 1.807) is 12.1 Å². The highest BCUT2D eigenvalue weighted by atomic mass is 16.5. The predicted octanol–water partition coefficient (Wildman–Crippen LogP) is 3.61. The summed E-state index contributed by atoms with van der Waals surface area (Å²) in [5.74, 6) is -0.0917. The molecule has 2 aliphatic rings. The number of aromatic nitrogens is 2. The lowest BCUT2D eigenvalue weighted by molar-refractivity contribution is -0.00571. The standard InChI is InChI=1S/C25H25N3O5/c1-14-10-17(12-18-15(2)26-27-22(14)18)23(30)28-8-6-25(7-9-28)13-20(29)19-11-16(24(31)32-3)4-5-21(19)33-25/h4-5,10-12H,6-9,13H2,1-3H3,(H,26,27). The number of amides is 1. The number of hydrogen-bond acceptors (Lipinski definition) is 6. The van der Waals surface area contributed by atoms with Crippen LogP contribution in [0.25, 0.3) is 10.9 Å². The number of esters is 1. The van der Waals surface area contributed by atoms with Gasteiger partial charge < -0.3 is 14.4 Å². The van der Waals surface area contributed by atoms with Crippen molar-refractivity contribution in [2.24, 2.45) is 0 Å². The molecule has 1 saturated heterocycles. The summed E-state index contributed by atoms with van der Waals surface area (Å²) < 4.78 is 11.0. The summed E-state index contributed by atoms with van der Waals surface area (Å²) in [6, 6.07) is 8.56. The van der Waals surface area contributed by atoms with Gasteiger partial charge in [0.25, 0.3) is 5.91 Å². The molecule has 170 valence electrons. The summed E-state index contributed by atoms with van der Waals surface area (Å²) >= 11 is 0. The van der Waals surface area contributed by atoms with Crippen LogP contribution in [0.1, 0.15) is 61.6 Å². The number of rotatable bonds is 2. The average molecular weight is 447 g/mol. The Labute approximate surface area is 190 Å². The summed E-state index contributed by atoms with van der Waals surface area (Å²) in [6.45, 7) is 4.90. The fourth-order valence-corrected chi connectivity index (χ4v) is 4.85. The van der Waals surface area contributed by atoms with E-state index >= 15 is 0 Å². The van der Waals surface area contributed by atoms with Crippen molar-refractivity contribution in [3.63, 3.8) is 0 Å². The second-order valence-corrected chi connectivity index (χ2v) is 8.92. The molecular weight excluding hydrogens is 422 g/mol. The number of benzene rings is 2. The Balaban J connectivity index is 1.33. The number of Topliss-reactive ketones (excluding diaryl/α,β-unsaturated/α-hetero) is 1. The van der Waals surface area contributed by atoms with Gasteiger partial charge in [0.1, 0.15) is 11.4 Å². The maximum absolute atomic E-state index is 13.2. The summed E-state index contributed by atoms with van der Waals surface area (Å²) in [7, 11) is 1.31. The van der Waals surface area contributed by atoms with Gasteiger partial charge in [-0.3, -0.25) is 14.7 Å². The second kappa shape index (κ2) is 7.72. The van der Waals surface area contributed by atoms with Crippen LogP contribution in [0, 0.1) is 13.8 Å². The molecule has 0 radical (unpaired) electrons.